The molecule has 2 rings (SSSR count). The van der Waals surface area contributed by atoms with Gasteiger partial charge in [-0.25, -0.2) is 0 Å². The second-order valence-electron chi connectivity index (χ2n) is 5.05. The minimum atomic E-state index is -0.378. The molecule has 96 valence electrons. The van der Waals surface area contributed by atoms with Gasteiger partial charge in [0.1, 0.15) is 0 Å². The number of carbonyl (C=O) groups excluding carboxylic acids is 1. The maximum absolute atomic E-state index is 12.1. The number of H-pyrrole nitrogens is 1. The van der Waals surface area contributed by atoms with Gasteiger partial charge >= 0.3 is 0 Å². The molecule has 0 aliphatic rings. The van der Waals surface area contributed by atoms with Crippen LogP contribution in [0, 0.1) is 0 Å². The summed E-state index contributed by atoms with van der Waals surface area (Å²) in [5.41, 5.74) is 1.23. The molecule has 0 unspecified atom stereocenters. The molecular weight excluding hydrogens is 228 g/mol. The predicted octanol–water partition coefficient (Wildman–Crippen LogP) is 2.32. The van der Waals surface area contributed by atoms with E-state index in [0.717, 1.165) is 10.9 Å². The molecule has 0 atom stereocenters. The molecule has 0 saturated heterocycles. The zero-order valence-corrected chi connectivity index (χ0v) is 10.9. The van der Waals surface area contributed by atoms with Gasteiger partial charge < -0.3 is 15.0 Å². The SMILES string of the molecule is COCC(C)(C)NC(=O)c1ccc2cc[nH]c2c1. The number of methoxy groups -OCH3 is 1. The summed E-state index contributed by atoms with van der Waals surface area (Å²) >= 11 is 0. The van der Waals surface area contributed by atoms with E-state index in [-0.39, 0.29) is 11.4 Å². The summed E-state index contributed by atoms with van der Waals surface area (Å²) in [6, 6.07) is 7.60. The molecule has 2 aromatic rings. The molecular formula is C14H18N2O2. The molecule has 1 amide bonds. The first kappa shape index (κ1) is 12.6. The molecule has 18 heavy (non-hydrogen) atoms. The lowest BCUT2D eigenvalue weighted by Gasteiger charge is -2.25. The van der Waals surface area contributed by atoms with Crippen molar-refractivity contribution in [3.05, 3.63) is 36.0 Å². The van der Waals surface area contributed by atoms with Crippen molar-refractivity contribution < 1.29 is 9.53 Å². The monoisotopic (exact) mass is 246 g/mol. The van der Waals surface area contributed by atoms with Crippen LogP contribution in [-0.2, 0) is 4.74 Å². The van der Waals surface area contributed by atoms with Crippen molar-refractivity contribution in [3.8, 4) is 0 Å². The van der Waals surface area contributed by atoms with Gasteiger partial charge in [0.05, 0.1) is 12.1 Å². The van der Waals surface area contributed by atoms with Gasteiger partial charge in [0, 0.05) is 24.4 Å². The first-order valence-corrected chi connectivity index (χ1v) is 5.90. The number of aromatic amines is 1. The Balaban J connectivity index is 2.17. The highest BCUT2D eigenvalue weighted by Crippen LogP contribution is 2.15. The van der Waals surface area contributed by atoms with Crippen LogP contribution in [-0.4, -0.2) is 30.1 Å². The summed E-state index contributed by atoms with van der Waals surface area (Å²) in [4.78, 5) is 15.2. The second kappa shape index (κ2) is 4.82. The minimum Gasteiger partial charge on any atom is -0.382 e. The number of hydrogen-bond donors (Lipinski definition) is 2. The molecule has 0 fully saturated rings. The van der Waals surface area contributed by atoms with Crippen molar-refractivity contribution in [1.82, 2.24) is 10.3 Å². The van der Waals surface area contributed by atoms with Crippen LogP contribution in [0.5, 0.6) is 0 Å². The largest absolute Gasteiger partial charge is 0.382 e. The van der Waals surface area contributed by atoms with Crippen molar-refractivity contribution in [1.29, 1.82) is 0 Å². The number of nitrogens with one attached hydrogen (secondary N) is 2. The molecule has 1 aromatic carbocycles. The maximum atomic E-state index is 12.1. The summed E-state index contributed by atoms with van der Waals surface area (Å²) < 4.78 is 5.08. The number of ether oxygens (including phenoxy) is 1. The van der Waals surface area contributed by atoms with E-state index in [1.54, 1.807) is 7.11 Å². The molecule has 1 aromatic heterocycles. The molecule has 4 nitrogen and oxygen atoms in total. The Kier molecular flexibility index (Phi) is 3.39. The topological polar surface area (TPSA) is 54.1 Å². The number of amides is 1. The second-order valence-corrected chi connectivity index (χ2v) is 5.05. The molecule has 0 aliphatic carbocycles. The van der Waals surface area contributed by atoms with E-state index in [4.69, 9.17) is 4.74 Å². The van der Waals surface area contributed by atoms with Crippen LogP contribution in [0.3, 0.4) is 0 Å². The summed E-state index contributed by atoms with van der Waals surface area (Å²) in [5.74, 6) is -0.0893. The van der Waals surface area contributed by atoms with Crippen molar-refractivity contribution >= 4 is 16.8 Å². The summed E-state index contributed by atoms with van der Waals surface area (Å²) in [7, 11) is 1.62. The van der Waals surface area contributed by atoms with Crippen LogP contribution in [0.15, 0.2) is 30.5 Å². The number of aromatic nitrogens is 1. The smallest absolute Gasteiger partial charge is 0.251 e. The third kappa shape index (κ3) is 2.71. The molecule has 0 saturated carbocycles. The van der Waals surface area contributed by atoms with Crippen LogP contribution in [0.4, 0.5) is 0 Å². The van der Waals surface area contributed by atoms with E-state index in [2.05, 4.69) is 10.3 Å². The number of rotatable bonds is 4. The van der Waals surface area contributed by atoms with Crippen molar-refractivity contribution in [2.45, 2.75) is 19.4 Å². The molecule has 4 heteroatoms. The van der Waals surface area contributed by atoms with Crippen LogP contribution in [0.2, 0.25) is 0 Å². The number of carbonyl (C=O) groups is 1. The fourth-order valence-electron chi connectivity index (χ4n) is 1.97. The van der Waals surface area contributed by atoms with Crippen LogP contribution in [0.1, 0.15) is 24.2 Å². The predicted molar refractivity (Wildman–Crippen MR) is 71.7 cm³/mol. The van der Waals surface area contributed by atoms with Crippen molar-refractivity contribution in [2.75, 3.05) is 13.7 Å². The van der Waals surface area contributed by atoms with Gasteiger partial charge in [-0.1, -0.05) is 6.07 Å². The van der Waals surface area contributed by atoms with Gasteiger partial charge in [0.2, 0.25) is 0 Å². The number of fused-ring (bicyclic) bond motifs is 1. The summed E-state index contributed by atoms with van der Waals surface area (Å²) in [5, 5.41) is 4.05. The van der Waals surface area contributed by atoms with Gasteiger partial charge in [0.25, 0.3) is 5.91 Å². The first-order chi connectivity index (χ1) is 8.52. The lowest BCUT2D eigenvalue weighted by molar-refractivity contribution is 0.0820. The average molecular weight is 246 g/mol. The Labute approximate surface area is 106 Å². The van der Waals surface area contributed by atoms with Gasteiger partial charge in [-0.15, -0.1) is 0 Å². The van der Waals surface area contributed by atoms with Crippen molar-refractivity contribution in [2.24, 2.45) is 0 Å². The Hall–Kier alpha value is -1.81. The quantitative estimate of drug-likeness (QED) is 0.870. The molecule has 0 spiro atoms. The number of hydrogen-bond acceptors (Lipinski definition) is 2. The standard InChI is InChI=1S/C14H18N2O2/c1-14(2,9-18-3)16-13(17)11-5-4-10-6-7-15-12(10)8-11/h4-8,15H,9H2,1-3H3,(H,16,17). The fourth-order valence-corrected chi connectivity index (χ4v) is 1.97. The van der Waals surface area contributed by atoms with E-state index >= 15 is 0 Å². The van der Waals surface area contributed by atoms with E-state index in [1.807, 2.05) is 44.3 Å². The van der Waals surface area contributed by atoms with E-state index < -0.39 is 0 Å². The minimum absolute atomic E-state index is 0.0893. The lowest BCUT2D eigenvalue weighted by atomic mass is 10.1. The van der Waals surface area contributed by atoms with E-state index in [9.17, 15) is 4.79 Å². The Morgan fingerprint density at radius 2 is 2.17 bits per heavy atom. The van der Waals surface area contributed by atoms with E-state index in [1.165, 1.54) is 0 Å². The lowest BCUT2D eigenvalue weighted by Crippen LogP contribution is -2.46. The third-order valence-corrected chi connectivity index (χ3v) is 2.77. The average Bonchev–Trinajstić information content (AvgIpc) is 2.74. The normalized spacial score (nSPS) is 11.7. The Morgan fingerprint density at radius 1 is 1.39 bits per heavy atom. The van der Waals surface area contributed by atoms with Gasteiger partial charge in [-0.2, -0.15) is 0 Å². The molecule has 2 N–H and O–H groups in total. The highest BCUT2D eigenvalue weighted by Gasteiger charge is 2.21. The van der Waals surface area contributed by atoms with Crippen molar-refractivity contribution in [3.63, 3.8) is 0 Å². The van der Waals surface area contributed by atoms with Gasteiger partial charge in [-0.3, -0.25) is 4.79 Å². The van der Waals surface area contributed by atoms with Crippen LogP contribution in [0.25, 0.3) is 10.9 Å². The first-order valence-electron chi connectivity index (χ1n) is 5.90. The van der Waals surface area contributed by atoms with Gasteiger partial charge in [-0.05, 0) is 37.4 Å². The molecule has 1 heterocycles. The van der Waals surface area contributed by atoms with Gasteiger partial charge in [0.15, 0.2) is 0 Å². The molecule has 0 bridgehead atoms. The number of benzene rings is 1. The summed E-state index contributed by atoms with van der Waals surface area (Å²) in [6.07, 6.45) is 1.86. The van der Waals surface area contributed by atoms with Crippen LogP contribution < -0.4 is 5.32 Å². The molecule has 0 aliphatic heterocycles. The molecule has 0 radical (unpaired) electrons. The van der Waals surface area contributed by atoms with E-state index in [0.29, 0.717) is 12.2 Å². The summed E-state index contributed by atoms with van der Waals surface area (Å²) in [6.45, 7) is 4.34. The Morgan fingerprint density at radius 3 is 2.89 bits per heavy atom. The highest BCUT2D eigenvalue weighted by molar-refractivity contribution is 5.98. The highest BCUT2D eigenvalue weighted by atomic mass is 16.5. The fraction of sp³-hybridized carbons (Fsp3) is 0.357. The Bertz CT molecular complexity index is 558. The zero-order chi connectivity index (χ0) is 13.2. The maximum Gasteiger partial charge on any atom is 0.251 e. The third-order valence-electron chi connectivity index (χ3n) is 2.77. The zero-order valence-electron chi connectivity index (χ0n) is 10.9. The van der Waals surface area contributed by atoms with Crippen LogP contribution >= 0.6 is 0 Å².